The number of aromatic nitrogens is 2. The fraction of sp³-hybridized carbons (Fsp3) is 0.143. The molecular weight excluding hydrogens is 328 g/mol. The van der Waals surface area contributed by atoms with Crippen LogP contribution < -0.4 is 4.74 Å². The number of thiophene rings is 1. The molecule has 0 aliphatic carbocycles. The summed E-state index contributed by atoms with van der Waals surface area (Å²) in [6, 6.07) is 11.2. The van der Waals surface area contributed by atoms with Crippen molar-refractivity contribution in [3.8, 4) is 16.5 Å². The van der Waals surface area contributed by atoms with Gasteiger partial charge in [0.25, 0.3) is 11.1 Å². The molecule has 0 aliphatic heterocycles. The summed E-state index contributed by atoms with van der Waals surface area (Å²) in [4.78, 5) is 0.978. The lowest BCUT2D eigenvalue weighted by Gasteiger charge is -2.04. The largest absolute Gasteiger partial charge is 0.493 e. The molecular formula is C14H11ClN2O2S2. The van der Waals surface area contributed by atoms with Gasteiger partial charge in [0.15, 0.2) is 0 Å². The maximum atomic E-state index is 5.81. The van der Waals surface area contributed by atoms with Gasteiger partial charge in [0, 0.05) is 10.8 Å². The van der Waals surface area contributed by atoms with Gasteiger partial charge in [0.05, 0.1) is 11.5 Å². The number of ether oxygens (including phenoxy) is 1. The van der Waals surface area contributed by atoms with Crippen LogP contribution in [0.2, 0.25) is 5.02 Å². The van der Waals surface area contributed by atoms with Crippen LogP contribution in [0, 0.1) is 0 Å². The topological polar surface area (TPSA) is 48.2 Å². The first-order valence-corrected chi connectivity index (χ1v) is 8.44. The van der Waals surface area contributed by atoms with Crippen molar-refractivity contribution >= 4 is 34.7 Å². The van der Waals surface area contributed by atoms with Crippen LogP contribution in [-0.4, -0.2) is 22.6 Å². The van der Waals surface area contributed by atoms with Crippen molar-refractivity contribution in [3.63, 3.8) is 0 Å². The number of benzene rings is 1. The zero-order chi connectivity index (χ0) is 14.5. The molecule has 0 aliphatic rings. The molecule has 0 bridgehead atoms. The van der Waals surface area contributed by atoms with Crippen molar-refractivity contribution in [1.29, 1.82) is 0 Å². The summed E-state index contributed by atoms with van der Waals surface area (Å²) >= 11 is 8.86. The van der Waals surface area contributed by atoms with Crippen molar-refractivity contribution in [2.75, 3.05) is 12.4 Å². The Bertz CT molecular complexity index is 683. The molecule has 1 aromatic carbocycles. The third-order valence-corrected chi connectivity index (χ3v) is 4.42. The van der Waals surface area contributed by atoms with E-state index in [1.807, 2.05) is 29.6 Å². The van der Waals surface area contributed by atoms with Crippen molar-refractivity contribution in [2.24, 2.45) is 0 Å². The van der Waals surface area contributed by atoms with Crippen LogP contribution in [0.15, 0.2) is 51.4 Å². The maximum absolute atomic E-state index is 5.81. The lowest BCUT2D eigenvalue weighted by Crippen LogP contribution is -1.99. The number of halogens is 1. The van der Waals surface area contributed by atoms with Crippen LogP contribution in [0.25, 0.3) is 10.8 Å². The fourth-order valence-electron chi connectivity index (χ4n) is 1.59. The standard InChI is InChI=1S/C14H11ClN2O2S2/c15-10-3-5-11(6-4-10)18-7-9-21-14-17-16-13(19-14)12-2-1-8-20-12/h1-6,8H,7,9H2. The first-order valence-electron chi connectivity index (χ1n) is 6.20. The molecule has 0 atom stereocenters. The SMILES string of the molecule is Clc1ccc(OCCSc2nnc(-c3cccs3)o2)cc1. The van der Waals surface area contributed by atoms with E-state index >= 15 is 0 Å². The molecule has 0 fully saturated rings. The van der Waals surface area contributed by atoms with Crippen LogP contribution in [0.4, 0.5) is 0 Å². The quantitative estimate of drug-likeness (QED) is 0.484. The van der Waals surface area contributed by atoms with Gasteiger partial charge in [-0.1, -0.05) is 29.4 Å². The zero-order valence-corrected chi connectivity index (χ0v) is 13.2. The van der Waals surface area contributed by atoms with Gasteiger partial charge in [-0.05, 0) is 35.7 Å². The van der Waals surface area contributed by atoms with Crippen molar-refractivity contribution in [3.05, 3.63) is 46.8 Å². The summed E-state index contributed by atoms with van der Waals surface area (Å²) in [7, 11) is 0. The summed E-state index contributed by atoms with van der Waals surface area (Å²) in [6.45, 7) is 0.559. The molecule has 0 amide bonds. The molecule has 2 heterocycles. The van der Waals surface area contributed by atoms with E-state index in [-0.39, 0.29) is 0 Å². The smallest absolute Gasteiger partial charge is 0.277 e. The monoisotopic (exact) mass is 338 g/mol. The molecule has 0 radical (unpaired) electrons. The first kappa shape index (κ1) is 14.4. The molecule has 4 nitrogen and oxygen atoms in total. The minimum atomic E-state index is 0.554. The van der Waals surface area contributed by atoms with Gasteiger partial charge in [-0.15, -0.1) is 21.5 Å². The predicted octanol–water partition coefficient (Wildman–Crippen LogP) is 4.62. The van der Waals surface area contributed by atoms with Gasteiger partial charge in [-0.25, -0.2) is 0 Å². The molecule has 7 heteroatoms. The predicted molar refractivity (Wildman–Crippen MR) is 85.3 cm³/mol. The van der Waals surface area contributed by atoms with Crippen LogP contribution in [0.3, 0.4) is 0 Å². The Labute approximate surface area is 135 Å². The molecule has 21 heavy (non-hydrogen) atoms. The van der Waals surface area contributed by atoms with E-state index in [1.54, 1.807) is 23.5 Å². The average molecular weight is 339 g/mol. The third-order valence-electron chi connectivity index (χ3n) is 2.53. The summed E-state index contributed by atoms with van der Waals surface area (Å²) < 4.78 is 11.2. The molecule has 108 valence electrons. The van der Waals surface area contributed by atoms with Crippen LogP contribution in [-0.2, 0) is 0 Å². The minimum Gasteiger partial charge on any atom is -0.493 e. The lowest BCUT2D eigenvalue weighted by molar-refractivity contribution is 0.343. The van der Waals surface area contributed by atoms with E-state index in [9.17, 15) is 0 Å². The maximum Gasteiger partial charge on any atom is 0.277 e. The number of thioether (sulfide) groups is 1. The fourth-order valence-corrected chi connectivity index (χ4v) is 2.94. The van der Waals surface area contributed by atoms with Gasteiger partial charge < -0.3 is 9.15 Å². The molecule has 0 saturated heterocycles. The van der Waals surface area contributed by atoms with Crippen molar-refractivity contribution < 1.29 is 9.15 Å². The van der Waals surface area contributed by atoms with Gasteiger partial charge >= 0.3 is 0 Å². The highest BCUT2D eigenvalue weighted by Crippen LogP contribution is 2.26. The van der Waals surface area contributed by atoms with Crippen molar-refractivity contribution in [1.82, 2.24) is 10.2 Å². The Hall–Kier alpha value is -1.50. The second-order valence-electron chi connectivity index (χ2n) is 4.00. The van der Waals surface area contributed by atoms with E-state index < -0.39 is 0 Å². The molecule has 2 aromatic heterocycles. The van der Waals surface area contributed by atoms with Gasteiger partial charge in [0.2, 0.25) is 0 Å². The summed E-state index contributed by atoms with van der Waals surface area (Å²) in [6.07, 6.45) is 0. The Morgan fingerprint density at radius 1 is 1.19 bits per heavy atom. The van der Waals surface area contributed by atoms with E-state index in [4.69, 9.17) is 20.8 Å². The molecule has 3 aromatic rings. The Morgan fingerprint density at radius 3 is 2.81 bits per heavy atom. The number of rotatable bonds is 6. The Kier molecular flexibility index (Phi) is 4.80. The highest BCUT2D eigenvalue weighted by molar-refractivity contribution is 7.99. The van der Waals surface area contributed by atoms with Crippen LogP contribution in [0.5, 0.6) is 5.75 Å². The van der Waals surface area contributed by atoms with Crippen LogP contribution >= 0.6 is 34.7 Å². The van der Waals surface area contributed by atoms with Crippen LogP contribution in [0.1, 0.15) is 0 Å². The first-order chi connectivity index (χ1) is 10.3. The summed E-state index contributed by atoms with van der Waals surface area (Å²) in [5.41, 5.74) is 0. The van der Waals surface area contributed by atoms with Crippen molar-refractivity contribution in [2.45, 2.75) is 5.22 Å². The Morgan fingerprint density at radius 2 is 2.05 bits per heavy atom. The van der Waals surface area contributed by atoms with E-state index in [0.717, 1.165) is 16.4 Å². The molecule has 0 unspecified atom stereocenters. The van der Waals surface area contributed by atoms with Gasteiger partial charge in [-0.3, -0.25) is 0 Å². The average Bonchev–Trinajstić information content (AvgIpc) is 3.16. The number of hydrogen-bond donors (Lipinski definition) is 0. The lowest BCUT2D eigenvalue weighted by atomic mass is 10.3. The molecule has 0 spiro atoms. The second kappa shape index (κ2) is 6.98. The number of hydrogen-bond acceptors (Lipinski definition) is 6. The Balaban J connectivity index is 1.46. The molecule has 0 N–H and O–H groups in total. The molecule has 3 rings (SSSR count). The van der Waals surface area contributed by atoms with Gasteiger partial charge in [0.1, 0.15) is 5.75 Å². The molecule has 0 saturated carbocycles. The zero-order valence-electron chi connectivity index (χ0n) is 10.9. The summed E-state index contributed by atoms with van der Waals surface area (Å²) in [5, 5.41) is 11.3. The van der Waals surface area contributed by atoms with E-state index in [0.29, 0.717) is 22.7 Å². The minimum absolute atomic E-state index is 0.554. The number of nitrogens with zero attached hydrogens (tertiary/aromatic N) is 2. The normalized spacial score (nSPS) is 10.7. The second-order valence-corrected chi connectivity index (χ2v) is 6.43. The highest BCUT2D eigenvalue weighted by Gasteiger charge is 2.09. The highest BCUT2D eigenvalue weighted by atomic mass is 35.5. The van der Waals surface area contributed by atoms with Gasteiger partial charge in [-0.2, -0.15) is 0 Å². The van der Waals surface area contributed by atoms with E-state index in [1.165, 1.54) is 11.8 Å². The van der Waals surface area contributed by atoms with E-state index in [2.05, 4.69) is 10.2 Å². The third kappa shape index (κ3) is 4.00. The summed E-state index contributed by atoms with van der Waals surface area (Å²) in [5.74, 6) is 2.09.